The Kier molecular flexibility index (Phi) is 5.24. The molecule has 1 aromatic carbocycles. The van der Waals surface area contributed by atoms with Crippen molar-refractivity contribution < 1.29 is 9.59 Å². The van der Waals surface area contributed by atoms with Crippen molar-refractivity contribution in [2.75, 3.05) is 0 Å². The number of hydrogen-bond donors (Lipinski definition) is 0. The number of carbonyl (C=O) groups is 2. The van der Waals surface area contributed by atoms with Crippen LogP contribution in [0.25, 0.3) is 0 Å². The maximum Gasteiger partial charge on any atom is 0.198 e. The van der Waals surface area contributed by atoms with E-state index in [0.717, 1.165) is 16.0 Å². The summed E-state index contributed by atoms with van der Waals surface area (Å²) in [5.74, 6) is 0.311. The Bertz CT molecular complexity index is 864. The van der Waals surface area contributed by atoms with Crippen molar-refractivity contribution in [2.24, 2.45) is 7.05 Å². The Morgan fingerprint density at radius 2 is 1.84 bits per heavy atom. The zero-order valence-corrected chi connectivity index (χ0v) is 15.1. The van der Waals surface area contributed by atoms with Crippen LogP contribution in [-0.4, -0.2) is 21.1 Å². The summed E-state index contributed by atoms with van der Waals surface area (Å²) in [7, 11) is 1.80. The summed E-state index contributed by atoms with van der Waals surface area (Å²) in [4.78, 5) is 30.1. The molecule has 0 aliphatic carbocycles. The lowest BCUT2D eigenvalue weighted by molar-refractivity contribution is 0.0938. The Hall–Kier alpha value is -2.53. The van der Waals surface area contributed by atoms with Crippen LogP contribution in [0.4, 0.5) is 0 Å². The normalized spacial score (nSPS) is 12.1. The standard InChI is InChI=1S/C20H20N2O2S/c1-14-5-7-15(8-6-14)16(12-17(23)19-4-3-11-25-19)13-18(24)20-21-9-10-22(20)2/h3-11,16H,12-13H2,1-2H3/t16-/m1/s1. The lowest BCUT2D eigenvalue weighted by atomic mass is 9.88. The second-order valence-electron chi connectivity index (χ2n) is 6.20. The highest BCUT2D eigenvalue weighted by molar-refractivity contribution is 7.12. The summed E-state index contributed by atoms with van der Waals surface area (Å²) in [6.45, 7) is 2.02. The number of benzene rings is 1. The van der Waals surface area contributed by atoms with Crippen molar-refractivity contribution in [2.45, 2.75) is 25.7 Å². The molecule has 25 heavy (non-hydrogen) atoms. The van der Waals surface area contributed by atoms with Gasteiger partial charge >= 0.3 is 0 Å². The number of carbonyl (C=O) groups excluding carboxylic acids is 2. The molecule has 3 rings (SSSR count). The molecule has 0 bridgehead atoms. The molecule has 128 valence electrons. The molecule has 0 saturated carbocycles. The topological polar surface area (TPSA) is 52.0 Å². The van der Waals surface area contributed by atoms with Crippen LogP contribution in [0.5, 0.6) is 0 Å². The van der Waals surface area contributed by atoms with Crippen LogP contribution in [0, 0.1) is 6.92 Å². The Balaban J connectivity index is 1.83. The van der Waals surface area contributed by atoms with Crippen LogP contribution in [-0.2, 0) is 7.05 Å². The first-order valence-corrected chi connectivity index (χ1v) is 9.06. The van der Waals surface area contributed by atoms with Crippen LogP contribution in [0.2, 0.25) is 0 Å². The number of Topliss-reactive ketones (excluding diaryl/α,β-unsaturated/α-hetero) is 2. The summed E-state index contributed by atoms with van der Waals surface area (Å²) >= 11 is 1.44. The molecule has 0 unspecified atom stereocenters. The third kappa shape index (κ3) is 4.12. The molecule has 3 aromatic rings. The van der Waals surface area contributed by atoms with E-state index in [2.05, 4.69) is 4.98 Å². The molecule has 5 heteroatoms. The highest BCUT2D eigenvalue weighted by Gasteiger charge is 2.23. The molecule has 0 spiro atoms. The van der Waals surface area contributed by atoms with Crippen LogP contribution < -0.4 is 0 Å². The smallest absolute Gasteiger partial charge is 0.198 e. The van der Waals surface area contributed by atoms with Gasteiger partial charge in [-0.15, -0.1) is 11.3 Å². The number of aromatic nitrogens is 2. The first kappa shape index (κ1) is 17.3. The fourth-order valence-corrected chi connectivity index (χ4v) is 3.53. The van der Waals surface area contributed by atoms with Gasteiger partial charge in [-0.05, 0) is 29.9 Å². The third-order valence-electron chi connectivity index (χ3n) is 4.28. The molecule has 0 aliphatic rings. The van der Waals surface area contributed by atoms with Crippen LogP contribution in [0.3, 0.4) is 0 Å². The van der Waals surface area contributed by atoms with Gasteiger partial charge in [-0.25, -0.2) is 4.98 Å². The van der Waals surface area contributed by atoms with Gasteiger partial charge in [0.2, 0.25) is 0 Å². The number of rotatable bonds is 7. The maximum atomic E-state index is 12.7. The first-order chi connectivity index (χ1) is 12.0. The molecular formula is C20H20N2O2S. The summed E-state index contributed by atoms with van der Waals surface area (Å²) in [6.07, 6.45) is 3.96. The summed E-state index contributed by atoms with van der Waals surface area (Å²) < 4.78 is 1.72. The van der Waals surface area contributed by atoms with Gasteiger partial charge in [0.05, 0.1) is 4.88 Å². The van der Waals surface area contributed by atoms with Crippen molar-refractivity contribution in [1.29, 1.82) is 0 Å². The van der Waals surface area contributed by atoms with E-state index in [1.165, 1.54) is 11.3 Å². The van der Waals surface area contributed by atoms with Crippen LogP contribution in [0.1, 0.15) is 50.2 Å². The molecule has 2 heterocycles. The van der Waals surface area contributed by atoms with Gasteiger partial charge in [0.15, 0.2) is 17.4 Å². The summed E-state index contributed by atoms with van der Waals surface area (Å²) in [5.41, 5.74) is 2.17. The van der Waals surface area contributed by atoms with Crippen molar-refractivity contribution in [1.82, 2.24) is 9.55 Å². The third-order valence-corrected chi connectivity index (χ3v) is 5.19. The minimum atomic E-state index is -0.153. The fraction of sp³-hybridized carbons (Fsp3) is 0.250. The molecular weight excluding hydrogens is 332 g/mol. The van der Waals surface area contributed by atoms with E-state index in [1.807, 2.05) is 48.7 Å². The summed E-state index contributed by atoms with van der Waals surface area (Å²) in [5, 5.41) is 1.90. The highest BCUT2D eigenvalue weighted by Crippen LogP contribution is 2.28. The monoisotopic (exact) mass is 352 g/mol. The van der Waals surface area contributed by atoms with Crippen LogP contribution in [0.15, 0.2) is 54.2 Å². The molecule has 0 radical (unpaired) electrons. The van der Waals surface area contributed by atoms with Gasteiger partial charge in [-0.2, -0.15) is 0 Å². The Morgan fingerprint density at radius 3 is 2.44 bits per heavy atom. The lowest BCUT2D eigenvalue weighted by Crippen LogP contribution is -2.15. The largest absolute Gasteiger partial charge is 0.332 e. The number of ketones is 2. The van der Waals surface area contributed by atoms with E-state index in [9.17, 15) is 9.59 Å². The van der Waals surface area contributed by atoms with E-state index in [0.29, 0.717) is 12.2 Å². The van der Waals surface area contributed by atoms with Crippen molar-refractivity contribution >= 4 is 22.9 Å². The van der Waals surface area contributed by atoms with Crippen LogP contribution >= 0.6 is 11.3 Å². The fourth-order valence-electron chi connectivity index (χ4n) is 2.86. The van der Waals surface area contributed by atoms with Gasteiger partial charge in [-0.1, -0.05) is 35.9 Å². The molecule has 1 atom stereocenters. The molecule has 4 nitrogen and oxygen atoms in total. The molecule has 0 fully saturated rings. The summed E-state index contributed by atoms with van der Waals surface area (Å²) in [6, 6.07) is 11.8. The zero-order chi connectivity index (χ0) is 17.8. The number of nitrogens with zero attached hydrogens (tertiary/aromatic N) is 2. The number of hydrogen-bond acceptors (Lipinski definition) is 4. The minimum absolute atomic E-state index is 0.0444. The molecule has 0 saturated heterocycles. The van der Waals surface area contributed by atoms with Gasteiger partial charge in [0, 0.05) is 32.3 Å². The number of aryl methyl sites for hydroxylation is 2. The molecule has 0 amide bonds. The van der Waals surface area contributed by atoms with E-state index in [1.54, 1.807) is 24.0 Å². The maximum absolute atomic E-state index is 12.7. The number of imidazole rings is 1. The lowest BCUT2D eigenvalue weighted by Gasteiger charge is -2.16. The van der Waals surface area contributed by atoms with Gasteiger partial charge in [0.25, 0.3) is 0 Å². The predicted octanol–water partition coefficient (Wildman–Crippen LogP) is 4.42. The Morgan fingerprint density at radius 1 is 1.12 bits per heavy atom. The van der Waals surface area contributed by atoms with Crippen molar-refractivity contribution in [3.05, 3.63) is 76.0 Å². The first-order valence-electron chi connectivity index (χ1n) is 8.18. The number of thiophene rings is 1. The predicted molar refractivity (Wildman–Crippen MR) is 99.3 cm³/mol. The van der Waals surface area contributed by atoms with Gasteiger partial charge < -0.3 is 4.57 Å². The average molecular weight is 352 g/mol. The Labute approximate surface area is 151 Å². The average Bonchev–Trinajstić information content (AvgIpc) is 3.26. The minimum Gasteiger partial charge on any atom is -0.332 e. The van der Waals surface area contributed by atoms with Crippen molar-refractivity contribution in [3.63, 3.8) is 0 Å². The highest BCUT2D eigenvalue weighted by atomic mass is 32.1. The van der Waals surface area contributed by atoms with Crippen molar-refractivity contribution in [3.8, 4) is 0 Å². The van der Waals surface area contributed by atoms with E-state index < -0.39 is 0 Å². The second kappa shape index (κ2) is 7.57. The molecule has 2 aromatic heterocycles. The molecule has 0 aliphatic heterocycles. The van der Waals surface area contributed by atoms with E-state index >= 15 is 0 Å². The zero-order valence-electron chi connectivity index (χ0n) is 14.3. The molecule has 0 N–H and O–H groups in total. The van der Waals surface area contributed by atoms with E-state index in [4.69, 9.17) is 0 Å². The SMILES string of the molecule is Cc1ccc([C@H](CC(=O)c2cccs2)CC(=O)c2nccn2C)cc1. The van der Waals surface area contributed by atoms with Gasteiger partial charge in [-0.3, -0.25) is 9.59 Å². The van der Waals surface area contributed by atoms with E-state index in [-0.39, 0.29) is 23.9 Å². The second-order valence-corrected chi connectivity index (χ2v) is 7.15. The van der Waals surface area contributed by atoms with Gasteiger partial charge in [0.1, 0.15) is 0 Å². The quantitative estimate of drug-likeness (QED) is 0.592.